The molecular formula is C21H16N2. The Morgan fingerprint density at radius 3 is 2.22 bits per heavy atom. The molecular weight excluding hydrogens is 280 g/mol. The third-order valence-electron chi connectivity index (χ3n) is 4.71. The molecule has 1 aromatic heterocycles. The number of aromatic nitrogens is 1. The van der Waals surface area contributed by atoms with E-state index in [1.807, 2.05) is 36.5 Å². The zero-order chi connectivity index (χ0) is 16.0. The molecule has 1 aliphatic carbocycles. The van der Waals surface area contributed by atoms with Crippen molar-refractivity contribution in [2.75, 3.05) is 0 Å². The Labute approximate surface area is 136 Å². The molecule has 0 aliphatic heterocycles. The summed E-state index contributed by atoms with van der Waals surface area (Å²) in [5.41, 5.74) is 7.47. The number of pyridine rings is 1. The molecule has 2 aromatic carbocycles. The van der Waals surface area contributed by atoms with Gasteiger partial charge >= 0.3 is 0 Å². The molecule has 1 aliphatic rings. The highest BCUT2D eigenvalue weighted by Gasteiger charge is 2.39. The Morgan fingerprint density at radius 2 is 1.52 bits per heavy atom. The Hall–Kier alpha value is -2.92. The van der Waals surface area contributed by atoms with Crippen LogP contribution in [0, 0.1) is 6.57 Å². The minimum absolute atomic E-state index is 0.208. The Kier molecular flexibility index (Phi) is 2.86. The van der Waals surface area contributed by atoms with Crippen molar-refractivity contribution < 1.29 is 0 Å². The predicted molar refractivity (Wildman–Crippen MR) is 93.5 cm³/mol. The van der Waals surface area contributed by atoms with E-state index in [1.54, 1.807) is 0 Å². The fraction of sp³-hybridized carbons (Fsp3) is 0.143. The first kappa shape index (κ1) is 13.7. The molecule has 4 rings (SSSR count). The number of nitrogens with zero attached hydrogens (tertiary/aromatic N) is 2. The number of fused-ring (bicyclic) bond motifs is 3. The van der Waals surface area contributed by atoms with Crippen molar-refractivity contribution in [3.05, 3.63) is 83.3 Å². The second kappa shape index (κ2) is 4.79. The fourth-order valence-electron chi connectivity index (χ4n) is 3.83. The number of benzene rings is 2. The van der Waals surface area contributed by atoms with Crippen LogP contribution in [0.5, 0.6) is 0 Å². The summed E-state index contributed by atoms with van der Waals surface area (Å²) in [4.78, 5) is 8.29. The zero-order valence-electron chi connectivity index (χ0n) is 13.2. The van der Waals surface area contributed by atoms with E-state index < -0.39 is 0 Å². The van der Waals surface area contributed by atoms with Gasteiger partial charge in [-0.15, -0.1) is 0 Å². The van der Waals surface area contributed by atoms with Crippen molar-refractivity contribution in [1.29, 1.82) is 0 Å². The van der Waals surface area contributed by atoms with Crippen LogP contribution in [-0.2, 0) is 5.41 Å². The Balaban J connectivity index is 2.08. The normalized spacial score (nSPS) is 14.0. The lowest BCUT2D eigenvalue weighted by atomic mass is 9.79. The van der Waals surface area contributed by atoms with Crippen molar-refractivity contribution in [2.45, 2.75) is 19.3 Å². The van der Waals surface area contributed by atoms with E-state index in [0.717, 1.165) is 22.5 Å². The molecule has 0 spiro atoms. The summed E-state index contributed by atoms with van der Waals surface area (Å²) in [5.74, 6) is 0. The molecule has 0 amide bonds. The van der Waals surface area contributed by atoms with Crippen LogP contribution in [0.3, 0.4) is 0 Å². The van der Waals surface area contributed by atoms with Gasteiger partial charge in [-0.25, -0.2) is 4.85 Å². The summed E-state index contributed by atoms with van der Waals surface area (Å²) in [7, 11) is 0. The Morgan fingerprint density at radius 1 is 0.826 bits per heavy atom. The van der Waals surface area contributed by atoms with Crippen LogP contribution in [-0.4, -0.2) is 4.98 Å². The van der Waals surface area contributed by atoms with E-state index >= 15 is 0 Å². The molecule has 0 atom stereocenters. The van der Waals surface area contributed by atoms with Crippen molar-refractivity contribution in [2.24, 2.45) is 0 Å². The first-order valence-electron chi connectivity index (χ1n) is 7.71. The highest BCUT2D eigenvalue weighted by Crippen LogP contribution is 2.54. The van der Waals surface area contributed by atoms with Gasteiger partial charge in [0.05, 0.1) is 12.3 Å². The molecule has 2 nitrogen and oxygen atoms in total. The van der Waals surface area contributed by atoms with Gasteiger partial charge < -0.3 is 0 Å². The molecule has 110 valence electrons. The van der Waals surface area contributed by atoms with Crippen LogP contribution < -0.4 is 0 Å². The maximum atomic E-state index is 7.53. The van der Waals surface area contributed by atoms with Gasteiger partial charge in [-0.1, -0.05) is 56.3 Å². The highest BCUT2D eigenvalue weighted by atomic mass is 14.7. The maximum absolute atomic E-state index is 7.53. The molecule has 3 aromatic rings. The van der Waals surface area contributed by atoms with Gasteiger partial charge in [0.15, 0.2) is 5.69 Å². The molecule has 0 N–H and O–H groups in total. The molecule has 0 bridgehead atoms. The van der Waals surface area contributed by atoms with Crippen LogP contribution in [0.1, 0.15) is 25.0 Å². The van der Waals surface area contributed by atoms with Crippen LogP contribution in [0.25, 0.3) is 27.2 Å². The fourth-order valence-corrected chi connectivity index (χ4v) is 3.83. The molecule has 0 radical (unpaired) electrons. The smallest absolute Gasteiger partial charge is 0.191 e. The van der Waals surface area contributed by atoms with Crippen molar-refractivity contribution in [1.82, 2.24) is 4.98 Å². The zero-order valence-corrected chi connectivity index (χ0v) is 13.2. The maximum Gasteiger partial charge on any atom is 0.191 e. The average molecular weight is 296 g/mol. The van der Waals surface area contributed by atoms with Gasteiger partial charge in [-0.2, -0.15) is 0 Å². The van der Waals surface area contributed by atoms with Crippen molar-refractivity contribution in [3.63, 3.8) is 0 Å². The van der Waals surface area contributed by atoms with Crippen molar-refractivity contribution in [3.8, 4) is 22.4 Å². The third-order valence-corrected chi connectivity index (χ3v) is 4.71. The highest BCUT2D eigenvalue weighted by molar-refractivity contribution is 5.90. The van der Waals surface area contributed by atoms with Gasteiger partial charge in [0.25, 0.3) is 0 Å². The summed E-state index contributed by atoms with van der Waals surface area (Å²) in [6.45, 7) is 11.9. The third kappa shape index (κ3) is 1.83. The number of rotatable bonds is 1. The average Bonchev–Trinajstić information content (AvgIpc) is 2.84. The number of hydrogen-bond donors (Lipinski definition) is 0. The standard InChI is InChI=1S/C21H16N2/c1-21(2)19-14(15-9-7-12-18(22-3)20(15)21)8-6-10-16(19)17-11-4-5-13-23-17/h4-13H,1-2H3. The van der Waals surface area contributed by atoms with Crippen LogP contribution in [0.2, 0.25) is 0 Å². The quantitative estimate of drug-likeness (QED) is 0.534. The topological polar surface area (TPSA) is 17.2 Å². The largest absolute Gasteiger partial charge is 0.256 e. The lowest BCUT2D eigenvalue weighted by Gasteiger charge is -2.25. The van der Waals surface area contributed by atoms with E-state index in [9.17, 15) is 0 Å². The minimum atomic E-state index is -0.208. The minimum Gasteiger partial charge on any atom is -0.256 e. The molecule has 0 saturated heterocycles. The first-order valence-corrected chi connectivity index (χ1v) is 7.71. The van der Waals surface area contributed by atoms with Gasteiger partial charge in [0.1, 0.15) is 0 Å². The van der Waals surface area contributed by atoms with Crippen LogP contribution in [0.4, 0.5) is 5.69 Å². The number of hydrogen-bond acceptors (Lipinski definition) is 1. The predicted octanol–water partition coefficient (Wildman–Crippen LogP) is 5.61. The van der Waals surface area contributed by atoms with Crippen LogP contribution in [0.15, 0.2) is 60.8 Å². The lowest BCUT2D eigenvalue weighted by molar-refractivity contribution is 0.664. The lowest BCUT2D eigenvalue weighted by Crippen LogP contribution is -2.16. The summed E-state index contributed by atoms with van der Waals surface area (Å²) in [5, 5.41) is 0. The summed E-state index contributed by atoms with van der Waals surface area (Å²) < 4.78 is 0. The molecule has 0 fully saturated rings. The van der Waals surface area contributed by atoms with Gasteiger partial charge in [0, 0.05) is 17.2 Å². The van der Waals surface area contributed by atoms with Crippen LogP contribution >= 0.6 is 0 Å². The van der Waals surface area contributed by atoms with E-state index in [0.29, 0.717) is 0 Å². The molecule has 23 heavy (non-hydrogen) atoms. The molecule has 0 saturated carbocycles. The van der Waals surface area contributed by atoms with Gasteiger partial charge in [0.2, 0.25) is 0 Å². The van der Waals surface area contributed by atoms with E-state index in [1.165, 1.54) is 16.7 Å². The summed E-state index contributed by atoms with van der Waals surface area (Å²) in [6.07, 6.45) is 1.83. The van der Waals surface area contributed by atoms with Gasteiger partial charge in [-0.05, 0) is 34.4 Å². The summed E-state index contributed by atoms with van der Waals surface area (Å²) in [6, 6.07) is 18.4. The van der Waals surface area contributed by atoms with Crippen molar-refractivity contribution >= 4 is 5.69 Å². The molecule has 2 heteroatoms. The van der Waals surface area contributed by atoms with E-state index in [-0.39, 0.29) is 5.41 Å². The Bertz CT molecular complexity index is 947. The summed E-state index contributed by atoms with van der Waals surface area (Å²) >= 11 is 0. The first-order chi connectivity index (χ1) is 11.1. The molecule has 0 unspecified atom stereocenters. The van der Waals surface area contributed by atoms with E-state index in [4.69, 9.17) is 6.57 Å². The van der Waals surface area contributed by atoms with E-state index in [2.05, 4.69) is 47.9 Å². The second-order valence-corrected chi connectivity index (χ2v) is 6.38. The SMILES string of the molecule is [C-]#[N+]c1cccc2c1C(C)(C)c1c(-c3ccccn3)cccc1-2. The monoisotopic (exact) mass is 296 g/mol. The second-order valence-electron chi connectivity index (χ2n) is 6.38. The molecule has 1 heterocycles. The van der Waals surface area contributed by atoms with Gasteiger partial charge in [-0.3, -0.25) is 4.98 Å².